The molecule has 2 nitrogen and oxygen atoms in total. The van der Waals surface area contributed by atoms with Crippen LogP contribution in [0.2, 0.25) is 0 Å². The van der Waals surface area contributed by atoms with E-state index in [2.05, 4.69) is 19.9 Å². The molecule has 2 heteroatoms. The maximum absolute atomic E-state index is 10.0. The highest BCUT2D eigenvalue weighted by atomic mass is 16.3. The minimum Gasteiger partial charge on any atom is -0.397 e. The lowest BCUT2D eigenvalue weighted by Crippen LogP contribution is -2.49. The molecule has 0 spiro atoms. The van der Waals surface area contributed by atoms with Crippen molar-refractivity contribution in [2.45, 2.75) is 84.7 Å². The molecule has 3 unspecified atom stereocenters. The zero-order chi connectivity index (χ0) is 16.7. The van der Waals surface area contributed by atoms with Gasteiger partial charge in [0.05, 0.1) is 6.10 Å². The average molecular weight is 321 g/mol. The number of aliphatic hydroxyl groups is 2. The van der Waals surface area contributed by atoms with Crippen LogP contribution in [-0.2, 0) is 0 Å². The highest BCUT2D eigenvalue weighted by Gasteiger charge is 2.55. The van der Waals surface area contributed by atoms with E-state index in [9.17, 15) is 5.11 Å². The number of fused-ring (bicyclic) bond motifs is 5. The Morgan fingerprint density at radius 3 is 2.57 bits per heavy atom. The van der Waals surface area contributed by atoms with E-state index in [0.29, 0.717) is 10.8 Å². The molecule has 23 heavy (non-hydrogen) atoms. The first kappa shape index (κ1) is 17.5. The van der Waals surface area contributed by atoms with E-state index >= 15 is 0 Å². The van der Waals surface area contributed by atoms with Crippen LogP contribution in [-0.4, -0.2) is 22.9 Å². The van der Waals surface area contributed by atoms with Crippen LogP contribution < -0.4 is 0 Å². The van der Waals surface area contributed by atoms with Crippen molar-refractivity contribution in [3.8, 4) is 0 Å². The predicted molar refractivity (Wildman–Crippen MR) is 95.1 cm³/mol. The van der Waals surface area contributed by atoms with Gasteiger partial charge in [-0.2, -0.15) is 0 Å². The van der Waals surface area contributed by atoms with E-state index in [0.717, 1.165) is 30.6 Å². The van der Waals surface area contributed by atoms with Crippen LogP contribution in [0.1, 0.15) is 78.6 Å². The van der Waals surface area contributed by atoms with Crippen LogP contribution in [0.3, 0.4) is 0 Å². The molecule has 4 aliphatic carbocycles. The SMILES string of the molecule is CCO.C[C@@]12CCCC1C1CC=C3C[C@@H](O)CC[C@]3(C)C1CC2. The number of allylic oxidation sites excluding steroid dienone is 1. The summed E-state index contributed by atoms with van der Waals surface area (Å²) in [6.07, 6.45) is 14.3. The smallest absolute Gasteiger partial charge is 0.0577 e. The summed E-state index contributed by atoms with van der Waals surface area (Å²) in [5, 5.41) is 17.6. The van der Waals surface area contributed by atoms with E-state index in [4.69, 9.17) is 5.11 Å². The van der Waals surface area contributed by atoms with Crippen LogP contribution in [0.15, 0.2) is 11.6 Å². The molecule has 0 aromatic carbocycles. The van der Waals surface area contributed by atoms with Crippen LogP contribution in [0.5, 0.6) is 0 Å². The first-order valence-electron chi connectivity index (χ1n) is 9.93. The second-order valence-corrected chi connectivity index (χ2v) is 9.06. The molecule has 0 aromatic rings. The second kappa shape index (κ2) is 6.52. The van der Waals surface area contributed by atoms with Gasteiger partial charge in [-0.3, -0.25) is 0 Å². The molecule has 132 valence electrons. The summed E-state index contributed by atoms with van der Waals surface area (Å²) in [7, 11) is 0. The molecule has 0 radical (unpaired) electrons. The molecule has 2 N–H and O–H groups in total. The molecule has 0 amide bonds. The quantitative estimate of drug-likeness (QED) is 0.635. The van der Waals surface area contributed by atoms with Crippen LogP contribution in [0.4, 0.5) is 0 Å². The van der Waals surface area contributed by atoms with Crippen molar-refractivity contribution < 1.29 is 10.2 Å². The van der Waals surface area contributed by atoms with E-state index < -0.39 is 0 Å². The van der Waals surface area contributed by atoms with Gasteiger partial charge < -0.3 is 10.2 Å². The molecule has 0 bridgehead atoms. The molecule has 3 saturated carbocycles. The third-order valence-corrected chi connectivity index (χ3v) is 7.86. The number of aliphatic hydroxyl groups excluding tert-OH is 2. The van der Waals surface area contributed by atoms with E-state index in [-0.39, 0.29) is 12.7 Å². The lowest BCUT2D eigenvalue weighted by molar-refractivity contribution is -0.0360. The van der Waals surface area contributed by atoms with Gasteiger partial charge in [0.25, 0.3) is 0 Å². The van der Waals surface area contributed by atoms with Crippen LogP contribution in [0.25, 0.3) is 0 Å². The number of hydrogen-bond acceptors (Lipinski definition) is 2. The van der Waals surface area contributed by atoms with Gasteiger partial charge in [0.2, 0.25) is 0 Å². The summed E-state index contributed by atoms with van der Waals surface area (Å²) in [6, 6.07) is 0. The topological polar surface area (TPSA) is 40.5 Å². The molecule has 4 aliphatic rings. The van der Waals surface area contributed by atoms with Crippen molar-refractivity contribution in [2.24, 2.45) is 28.6 Å². The first-order chi connectivity index (χ1) is 10.9. The zero-order valence-corrected chi connectivity index (χ0v) is 15.4. The summed E-state index contributed by atoms with van der Waals surface area (Å²) >= 11 is 0. The molecular weight excluding hydrogens is 284 g/mol. The Morgan fingerprint density at radius 1 is 1.09 bits per heavy atom. The fraction of sp³-hybridized carbons (Fsp3) is 0.905. The lowest BCUT2D eigenvalue weighted by atomic mass is 9.48. The first-order valence-corrected chi connectivity index (χ1v) is 9.93. The van der Waals surface area contributed by atoms with Gasteiger partial charge in [0.1, 0.15) is 0 Å². The maximum atomic E-state index is 10.0. The molecule has 4 rings (SSSR count). The molecule has 6 atom stereocenters. The van der Waals surface area contributed by atoms with Crippen molar-refractivity contribution in [2.75, 3.05) is 6.61 Å². The van der Waals surface area contributed by atoms with Gasteiger partial charge in [-0.15, -0.1) is 0 Å². The number of hydrogen-bond donors (Lipinski definition) is 2. The van der Waals surface area contributed by atoms with Gasteiger partial charge >= 0.3 is 0 Å². The zero-order valence-electron chi connectivity index (χ0n) is 15.4. The Morgan fingerprint density at radius 2 is 1.83 bits per heavy atom. The molecule has 3 fully saturated rings. The van der Waals surface area contributed by atoms with Gasteiger partial charge in [0.15, 0.2) is 0 Å². The molecule has 0 saturated heterocycles. The van der Waals surface area contributed by atoms with Crippen LogP contribution >= 0.6 is 0 Å². The van der Waals surface area contributed by atoms with E-state index in [1.54, 1.807) is 12.5 Å². The van der Waals surface area contributed by atoms with Gasteiger partial charge in [-0.25, -0.2) is 0 Å². The maximum Gasteiger partial charge on any atom is 0.0577 e. The standard InChI is InChI=1S/C19H30O.C2H6O/c1-18-9-3-4-16(18)15-6-5-13-12-14(20)7-11-19(13,2)17(15)8-10-18;1-2-3/h5,14-17,20H,3-4,6-12H2,1-2H3;3H,2H2,1H3/t14-,15?,16?,17?,18-,19-;/m0./s1. The summed E-state index contributed by atoms with van der Waals surface area (Å²) in [6.45, 7) is 7.03. The van der Waals surface area contributed by atoms with Gasteiger partial charge in [-0.05, 0) is 86.9 Å². The lowest BCUT2D eigenvalue weighted by Gasteiger charge is -2.57. The highest BCUT2D eigenvalue weighted by Crippen LogP contribution is 2.64. The van der Waals surface area contributed by atoms with Gasteiger partial charge in [0, 0.05) is 6.61 Å². The van der Waals surface area contributed by atoms with E-state index in [1.807, 2.05) is 0 Å². The van der Waals surface area contributed by atoms with Gasteiger partial charge in [-0.1, -0.05) is 31.9 Å². The van der Waals surface area contributed by atoms with Crippen molar-refractivity contribution in [3.63, 3.8) is 0 Å². The fourth-order valence-corrected chi connectivity index (χ4v) is 6.63. The van der Waals surface area contributed by atoms with Crippen molar-refractivity contribution >= 4 is 0 Å². The summed E-state index contributed by atoms with van der Waals surface area (Å²) in [5.74, 6) is 2.84. The van der Waals surface area contributed by atoms with Crippen molar-refractivity contribution in [3.05, 3.63) is 11.6 Å². The third kappa shape index (κ3) is 2.91. The largest absolute Gasteiger partial charge is 0.397 e. The summed E-state index contributed by atoms with van der Waals surface area (Å²) < 4.78 is 0. The molecule has 0 aliphatic heterocycles. The van der Waals surface area contributed by atoms with Crippen molar-refractivity contribution in [1.82, 2.24) is 0 Å². The number of rotatable bonds is 0. The molecule has 0 aromatic heterocycles. The Labute approximate surface area is 142 Å². The second-order valence-electron chi connectivity index (χ2n) is 9.06. The molecular formula is C21H36O2. The molecule has 0 heterocycles. The summed E-state index contributed by atoms with van der Waals surface area (Å²) in [5.41, 5.74) is 2.70. The minimum absolute atomic E-state index is 0.0637. The Bertz CT molecular complexity index is 457. The highest BCUT2D eigenvalue weighted by molar-refractivity contribution is 5.25. The summed E-state index contributed by atoms with van der Waals surface area (Å²) in [4.78, 5) is 0. The normalized spacial score (nSPS) is 48.3. The monoisotopic (exact) mass is 320 g/mol. The van der Waals surface area contributed by atoms with Crippen molar-refractivity contribution in [1.29, 1.82) is 0 Å². The Balaban J connectivity index is 0.000000485. The minimum atomic E-state index is -0.0637. The van der Waals surface area contributed by atoms with Crippen LogP contribution in [0, 0.1) is 28.6 Å². The fourth-order valence-electron chi connectivity index (χ4n) is 6.63. The average Bonchev–Trinajstić information content (AvgIpc) is 2.90. The Kier molecular flexibility index (Phi) is 4.95. The third-order valence-electron chi connectivity index (χ3n) is 7.86. The Hall–Kier alpha value is -0.340. The van der Waals surface area contributed by atoms with E-state index in [1.165, 1.54) is 44.9 Å². The predicted octanol–water partition coefficient (Wildman–Crippen LogP) is 4.70.